The largest absolute Gasteiger partial charge is 0.452 e. The van der Waals surface area contributed by atoms with E-state index in [9.17, 15) is 23.6 Å². The summed E-state index contributed by atoms with van der Waals surface area (Å²) < 4.78 is 18.0. The zero-order valence-corrected chi connectivity index (χ0v) is 15.7. The number of carbonyl (C=O) groups excluding carboxylic acids is 4. The van der Waals surface area contributed by atoms with Gasteiger partial charge in [-0.1, -0.05) is 12.8 Å². The monoisotopic (exact) mass is 390 g/mol. The second-order valence-electron chi connectivity index (χ2n) is 7.20. The normalized spacial score (nSPS) is 22.6. The third-order valence-corrected chi connectivity index (χ3v) is 5.26. The number of nitrogens with zero attached hydrogens (tertiary/aromatic N) is 1. The smallest absolute Gasteiger partial charge is 0.308 e. The molecule has 8 heteroatoms. The molecule has 1 aromatic rings. The molecule has 1 N–H and O–H groups in total. The van der Waals surface area contributed by atoms with Gasteiger partial charge in [-0.25, -0.2) is 4.39 Å². The van der Waals surface area contributed by atoms with Gasteiger partial charge in [0.05, 0.1) is 18.3 Å². The van der Waals surface area contributed by atoms with Crippen LogP contribution in [-0.4, -0.2) is 41.2 Å². The van der Waals surface area contributed by atoms with E-state index in [4.69, 9.17) is 4.74 Å². The minimum atomic E-state index is -1.06. The summed E-state index contributed by atoms with van der Waals surface area (Å²) in [5.74, 6) is -2.57. The molecule has 7 nitrogen and oxygen atoms in total. The number of hydrogen-bond acceptors (Lipinski definition) is 5. The third kappa shape index (κ3) is 4.37. The van der Waals surface area contributed by atoms with Crippen LogP contribution in [-0.2, 0) is 23.9 Å². The average Bonchev–Trinajstić information content (AvgIpc) is 2.92. The maximum Gasteiger partial charge on any atom is 0.308 e. The Kier molecular flexibility index (Phi) is 6.06. The van der Waals surface area contributed by atoms with Crippen LogP contribution in [0.5, 0.6) is 0 Å². The molecule has 3 rings (SSSR count). The van der Waals surface area contributed by atoms with Gasteiger partial charge in [0.15, 0.2) is 6.10 Å². The summed E-state index contributed by atoms with van der Waals surface area (Å²) >= 11 is 0. The van der Waals surface area contributed by atoms with E-state index in [1.165, 1.54) is 31.2 Å². The van der Waals surface area contributed by atoms with Crippen molar-refractivity contribution in [2.24, 2.45) is 11.8 Å². The van der Waals surface area contributed by atoms with Gasteiger partial charge in [-0.2, -0.15) is 0 Å². The second-order valence-corrected chi connectivity index (χ2v) is 7.20. The van der Waals surface area contributed by atoms with Crippen molar-refractivity contribution in [3.63, 3.8) is 0 Å². The number of nitrogens with one attached hydrogen (secondary N) is 1. The Labute approximate surface area is 162 Å². The summed E-state index contributed by atoms with van der Waals surface area (Å²) in [6.07, 6.45) is 2.09. The Morgan fingerprint density at radius 3 is 2.29 bits per heavy atom. The van der Waals surface area contributed by atoms with E-state index in [2.05, 4.69) is 5.32 Å². The lowest BCUT2D eigenvalue weighted by molar-refractivity contribution is -0.154. The molecule has 2 aliphatic rings. The number of esters is 1. The number of benzene rings is 1. The predicted molar refractivity (Wildman–Crippen MR) is 97.4 cm³/mol. The number of fused-ring (bicyclic) bond motifs is 1. The molecular weight excluding hydrogens is 367 g/mol. The van der Waals surface area contributed by atoms with E-state index in [1.807, 2.05) is 0 Å². The zero-order chi connectivity index (χ0) is 20.3. The van der Waals surface area contributed by atoms with Crippen LogP contribution < -0.4 is 5.32 Å². The first-order chi connectivity index (χ1) is 13.4. The highest BCUT2D eigenvalue weighted by Crippen LogP contribution is 2.37. The molecule has 150 valence electrons. The van der Waals surface area contributed by atoms with Crippen molar-refractivity contribution in [3.8, 4) is 0 Å². The van der Waals surface area contributed by atoms with E-state index >= 15 is 0 Å². The summed E-state index contributed by atoms with van der Waals surface area (Å²) in [5, 5.41) is 2.52. The van der Waals surface area contributed by atoms with Crippen molar-refractivity contribution in [1.82, 2.24) is 4.90 Å². The number of carbonyl (C=O) groups is 4. The number of likely N-dealkylation sites (tertiary alicyclic amines) is 1. The fraction of sp³-hybridized carbons (Fsp3) is 0.500. The minimum Gasteiger partial charge on any atom is -0.452 e. The topological polar surface area (TPSA) is 92.8 Å². The molecule has 2 fully saturated rings. The number of halogens is 1. The highest BCUT2D eigenvalue weighted by atomic mass is 19.1. The molecule has 0 bridgehead atoms. The lowest BCUT2D eigenvalue weighted by Gasteiger charge is -2.19. The third-order valence-electron chi connectivity index (χ3n) is 5.26. The van der Waals surface area contributed by atoms with Gasteiger partial charge >= 0.3 is 5.97 Å². The van der Waals surface area contributed by atoms with Crippen LogP contribution in [0.3, 0.4) is 0 Å². The summed E-state index contributed by atoms with van der Waals surface area (Å²) in [5.41, 5.74) is 0.380. The van der Waals surface area contributed by atoms with Crippen LogP contribution in [0.2, 0.25) is 0 Å². The molecule has 0 radical (unpaired) electrons. The van der Waals surface area contributed by atoms with E-state index in [-0.39, 0.29) is 36.6 Å². The molecule has 1 heterocycles. The van der Waals surface area contributed by atoms with Crippen molar-refractivity contribution >= 4 is 29.4 Å². The van der Waals surface area contributed by atoms with Gasteiger partial charge in [-0.15, -0.1) is 0 Å². The average molecular weight is 390 g/mol. The highest BCUT2D eigenvalue weighted by molar-refractivity contribution is 6.05. The van der Waals surface area contributed by atoms with E-state index in [1.54, 1.807) is 0 Å². The SMILES string of the molecule is CC(OC(=O)CCN1C(=O)C2CCCCC2C1=O)C(=O)Nc1ccc(F)cc1. The molecule has 3 unspecified atom stereocenters. The fourth-order valence-corrected chi connectivity index (χ4v) is 3.74. The molecule has 3 atom stereocenters. The molecule has 1 aliphatic heterocycles. The number of imide groups is 1. The lowest BCUT2D eigenvalue weighted by atomic mass is 9.81. The van der Waals surface area contributed by atoms with E-state index in [0.29, 0.717) is 5.69 Å². The number of ether oxygens (including phenoxy) is 1. The number of rotatable bonds is 6. The Hall–Kier alpha value is -2.77. The molecule has 1 aliphatic carbocycles. The summed E-state index contributed by atoms with van der Waals surface area (Å²) in [7, 11) is 0. The Morgan fingerprint density at radius 1 is 1.14 bits per heavy atom. The Morgan fingerprint density at radius 2 is 1.71 bits per heavy atom. The van der Waals surface area contributed by atoms with Gasteiger partial charge in [0.1, 0.15) is 5.82 Å². The summed E-state index contributed by atoms with van der Waals surface area (Å²) in [6, 6.07) is 5.19. The maximum absolute atomic E-state index is 12.9. The molecule has 28 heavy (non-hydrogen) atoms. The Bertz CT molecular complexity index is 755. The van der Waals surface area contributed by atoms with Crippen molar-refractivity contribution in [2.75, 3.05) is 11.9 Å². The van der Waals surface area contributed by atoms with Crippen LogP contribution in [0.15, 0.2) is 24.3 Å². The van der Waals surface area contributed by atoms with E-state index in [0.717, 1.165) is 30.6 Å². The maximum atomic E-state index is 12.9. The molecule has 1 saturated heterocycles. The quantitative estimate of drug-likeness (QED) is 0.594. The number of amides is 3. The standard InChI is InChI=1S/C20H23FN2O5/c1-12(18(25)22-14-8-6-13(21)7-9-14)28-17(24)10-11-23-19(26)15-4-2-3-5-16(15)20(23)27/h6-9,12,15-16H,2-5,10-11H2,1H3,(H,22,25). The predicted octanol–water partition coefficient (Wildman–Crippen LogP) is 2.26. The van der Waals surface area contributed by atoms with Crippen LogP contribution >= 0.6 is 0 Å². The van der Waals surface area contributed by atoms with E-state index < -0.39 is 23.8 Å². The highest BCUT2D eigenvalue weighted by Gasteiger charge is 2.47. The van der Waals surface area contributed by atoms with Gasteiger partial charge in [0.2, 0.25) is 11.8 Å². The van der Waals surface area contributed by atoms with Gasteiger partial charge in [-0.05, 0) is 44.0 Å². The zero-order valence-electron chi connectivity index (χ0n) is 15.7. The first-order valence-electron chi connectivity index (χ1n) is 9.48. The first-order valence-corrected chi connectivity index (χ1v) is 9.48. The molecule has 1 saturated carbocycles. The van der Waals surface area contributed by atoms with Gasteiger partial charge < -0.3 is 10.1 Å². The molecular formula is C20H23FN2O5. The van der Waals surface area contributed by atoms with Crippen LogP contribution in [0, 0.1) is 17.7 Å². The van der Waals surface area contributed by atoms with Gasteiger partial charge in [0, 0.05) is 12.2 Å². The second kappa shape index (κ2) is 8.50. The van der Waals surface area contributed by atoms with Crippen molar-refractivity contribution < 1.29 is 28.3 Å². The molecule has 0 aromatic heterocycles. The number of anilines is 1. The Balaban J connectivity index is 1.47. The molecule has 0 spiro atoms. The van der Waals surface area contributed by atoms with Crippen molar-refractivity contribution in [3.05, 3.63) is 30.1 Å². The van der Waals surface area contributed by atoms with Crippen LogP contribution in [0.1, 0.15) is 39.0 Å². The van der Waals surface area contributed by atoms with Gasteiger partial charge in [0.25, 0.3) is 5.91 Å². The van der Waals surface area contributed by atoms with Gasteiger partial charge in [-0.3, -0.25) is 24.1 Å². The van der Waals surface area contributed by atoms with Crippen molar-refractivity contribution in [2.45, 2.75) is 45.1 Å². The fourth-order valence-electron chi connectivity index (χ4n) is 3.74. The van der Waals surface area contributed by atoms with Crippen molar-refractivity contribution in [1.29, 1.82) is 0 Å². The van der Waals surface area contributed by atoms with Crippen LogP contribution in [0.25, 0.3) is 0 Å². The first kappa shape index (κ1) is 20.0. The van der Waals surface area contributed by atoms with Crippen LogP contribution in [0.4, 0.5) is 10.1 Å². The lowest BCUT2D eigenvalue weighted by Crippen LogP contribution is -2.35. The minimum absolute atomic E-state index is 0.0319. The number of hydrogen-bond donors (Lipinski definition) is 1. The summed E-state index contributed by atoms with van der Waals surface area (Å²) in [4.78, 5) is 50.0. The molecule has 3 amide bonds. The summed E-state index contributed by atoms with van der Waals surface area (Å²) in [6.45, 7) is 1.38. The molecule has 1 aromatic carbocycles.